The highest BCUT2D eigenvalue weighted by Crippen LogP contribution is 2.33. The number of nitrogen functional groups attached to an aromatic ring is 3. The third-order valence-electron chi connectivity index (χ3n) is 6.87. The van der Waals surface area contributed by atoms with Gasteiger partial charge in [0, 0.05) is 42.1 Å². The molecule has 3 aromatic heterocycles. The van der Waals surface area contributed by atoms with Crippen LogP contribution in [0.4, 0.5) is 64.3 Å². The molecule has 0 saturated heterocycles. The number of hydrogen-bond acceptors (Lipinski definition) is 9. The molecule has 0 saturated carbocycles. The highest BCUT2D eigenvalue weighted by atomic mass is 19.4. The maximum absolute atomic E-state index is 13.9. The molecule has 0 atom stereocenters. The van der Waals surface area contributed by atoms with Gasteiger partial charge in [0.15, 0.2) is 11.6 Å². The van der Waals surface area contributed by atoms with Crippen LogP contribution in [0.5, 0.6) is 0 Å². The molecule has 6 aromatic rings. The summed E-state index contributed by atoms with van der Waals surface area (Å²) in [4.78, 5) is 20.2. The quantitative estimate of drug-likeness (QED) is 0.136. The smallest absolute Gasteiger partial charge is 0.383 e. The number of aromatic nitrogens is 6. The Balaban J connectivity index is 0.000000221. The van der Waals surface area contributed by atoms with Crippen molar-refractivity contribution in [1.82, 2.24) is 29.5 Å². The molecule has 3 heterocycles. The Morgan fingerprint density at radius 1 is 0.735 bits per heavy atom. The molecule has 0 aliphatic carbocycles. The normalized spacial score (nSPS) is 11.7. The van der Waals surface area contributed by atoms with Crippen LogP contribution in [0.3, 0.4) is 0 Å². The molecule has 0 unspecified atom stereocenters. The summed E-state index contributed by atoms with van der Waals surface area (Å²) in [6, 6.07) is 12.3. The number of nitrogens with two attached hydrogens (primary N) is 3. The van der Waals surface area contributed by atoms with Crippen molar-refractivity contribution in [3.63, 3.8) is 0 Å². The maximum atomic E-state index is 13.9. The van der Waals surface area contributed by atoms with Crippen molar-refractivity contribution in [3.05, 3.63) is 102 Å². The Hall–Kier alpha value is -6.07. The van der Waals surface area contributed by atoms with Gasteiger partial charge in [0.25, 0.3) is 0 Å². The number of aryl methyl sites for hydroxylation is 1. The molecule has 254 valence electrons. The van der Waals surface area contributed by atoms with E-state index in [9.17, 15) is 35.1 Å². The average molecular weight is 689 g/mol. The van der Waals surface area contributed by atoms with Gasteiger partial charge in [-0.3, -0.25) is 4.57 Å². The average Bonchev–Trinajstić information content (AvgIpc) is 3.38. The van der Waals surface area contributed by atoms with Crippen molar-refractivity contribution >= 4 is 40.3 Å². The number of rotatable bonds is 5. The molecule has 0 bridgehead atoms. The van der Waals surface area contributed by atoms with E-state index in [1.54, 1.807) is 0 Å². The number of halogens is 8. The lowest BCUT2D eigenvalue weighted by Crippen LogP contribution is -2.08. The van der Waals surface area contributed by atoms with E-state index < -0.39 is 35.1 Å². The second-order valence-corrected chi connectivity index (χ2v) is 10.2. The minimum atomic E-state index is -4.45. The largest absolute Gasteiger partial charge is 0.416 e. The van der Waals surface area contributed by atoms with Crippen LogP contribution in [0.15, 0.2) is 72.9 Å². The van der Waals surface area contributed by atoms with E-state index in [0.717, 1.165) is 36.4 Å². The number of alkyl halides is 6. The molecule has 6 rings (SSSR count). The lowest BCUT2D eigenvalue weighted by Gasteiger charge is -2.12. The fourth-order valence-electron chi connectivity index (χ4n) is 4.58. The Kier molecular flexibility index (Phi) is 9.24. The van der Waals surface area contributed by atoms with Gasteiger partial charge in [-0.25, -0.2) is 18.7 Å². The second kappa shape index (κ2) is 13.2. The first-order chi connectivity index (χ1) is 23.0. The lowest BCUT2D eigenvalue weighted by atomic mass is 10.1. The van der Waals surface area contributed by atoms with Gasteiger partial charge in [0.2, 0.25) is 11.9 Å². The van der Waals surface area contributed by atoms with Crippen molar-refractivity contribution < 1.29 is 35.1 Å². The lowest BCUT2D eigenvalue weighted by molar-refractivity contribution is -0.138. The van der Waals surface area contributed by atoms with Crippen molar-refractivity contribution in [3.8, 4) is 16.9 Å². The summed E-state index contributed by atoms with van der Waals surface area (Å²) in [5.41, 5.74) is 17.1. The molecule has 3 aromatic carbocycles. The van der Waals surface area contributed by atoms with Gasteiger partial charge >= 0.3 is 12.4 Å². The zero-order valence-electron chi connectivity index (χ0n) is 25.1. The molecule has 0 aliphatic heterocycles. The number of nitrogens with zero attached hydrogens (tertiary/aromatic N) is 6. The van der Waals surface area contributed by atoms with Crippen LogP contribution >= 0.6 is 0 Å². The van der Waals surface area contributed by atoms with Crippen LogP contribution in [0, 0.1) is 11.6 Å². The van der Waals surface area contributed by atoms with Gasteiger partial charge in [-0.15, -0.1) is 0 Å². The highest BCUT2D eigenvalue weighted by molar-refractivity contribution is 5.78. The summed E-state index contributed by atoms with van der Waals surface area (Å²) in [5, 5.41) is 2.79. The van der Waals surface area contributed by atoms with E-state index in [-0.39, 0.29) is 40.4 Å². The first-order valence-corrected chi connectivity index (χ1v) is 14.0. The Morgan fingerprint density at radius 3 is 1.90 bits per heavy atom. The van der Waals surface area contributed by atoms with E-state index in [0.29, 0.717) is 29.1 Å². The Bertz CT molecular complexity index is 2110. The predicted octanol–water partition coefficient (Wildman–Crippen LogP) is 7.33. The van der Waals surface area contributed by atoms with Crippen molar-refractivity contribution in [2.45, 2.75) is 25.7 Å². The summed E-state index contributed by atoms with van der Waals surface area (Å²) in [5.74, 6) is -1.11. The van der Waals surface area contributed by atoms with E-state index in [1.165, 1.54) is 41.1 Å². The van der Waals surface area contributed by atoms with Gasteiger partial charge in [-0.05, 0) is 42.0 Å². The SMILES string of the molecule is CCc1nc2cc(F)c(F)cc2n1-c1cc(N)nc(Nc2ccc(C(F)(F)F)cc2)n1.Nc1ncc(-c2ccc(C(F)(F)F)cc2)c(N)n1. The number of fused-ring (bicyclic) bond motifs is 1. The van der Waals surface area contributed by atoms with Crippen LogP contribution in [0.2, 0.25) is 0 Å². The highest BCUT2D eigenvalue weighted by Gasteiger charge is 2.31. The molecular weight excluding hydrogens is 664 g/mol. The van der Waals surface area contributed by atoms with Gasteiger partial charge in [0.1, 0.15) is 23.3 Å². The third kappa shape index (κ3) is 7.74. The van der Waals surface area contributed by atoms with E-state index in [4.69, 9.17) is 17.2 Å². The summed E-state index contributed by atoms with van der Waals surface area (Å²) in [7, 11) is 0. The number of anilines is 5. The summed E-state index contributed by atoms with van der Waals surface area (Å²) >= 11 is 0. The van der Waals surface area contributed by atoms with Gasteiger partial charge in [0.05, 0.1) is 22.2 Å². The van der Waals surface area contributed by atoms with Crippen LogP contribution in [-0.4, -0.2) is 29.5 Å². The minimum absolute atomic E-state index is 0.0150. The van der Waals surface area contributed by atoms with E-state index in [2.05, 4.69) is 30.2 Å². The minimum Gasteiger partial charge on any atom is -0.383 e. The molecule has 49 heavy (non-hydrogen) atoms. The number of hydrogen-bond donors (Lipinski definition) is 4. The summed E-state index contributed by atoms with van der Waals surface area (Å²) < 4.78 is 104. The summed E-state index contributed by atoms with van der Waals surface area (Å²) in [6.45, 7) is 1.82. The monoisotopic (exact) mass is 688 g/mol. The van der Waals surface area contributed by atoms with Crippen LogP contribution < -0.4 is 22.5 Å². The topological polar surface area (TPSA) is 159 Å². The third-order valence-corrected chi connectivity index (χ3v) is 6.87. The maximum Gasteiger partial charge on any atom is 0.416 e. The fourth-order valence-corrected chi connectivity index (χ4v) is 4.58. The van der Waals surface area contributed by atoms with Crippen LogP contribution in [-0.2, 0) is 18.8 Å². The predicted molar refractivity (Wildman–Crippen MR) is 166 cm³/mol. The molecular formula is C31H24F8N10. The van der Waals surface area contributed by atoms with Crippen LogP contribution in [0.25, 0.3) is 28.0 Å². The van der Waals surface area contributed by atoms with Gasteiger partial charge in [-0.2, -0.15) is 41.3 Å². The zero-order valence-corrected chi connectivity index (χ0v) is 25.1. The molecule has 0 amide bonds. The number of imidazole rings is 1. The fraction of sp³-hybridized carbons (Fsp3) is 0.129. The Morgan fingerprint density at radius 2 is 1.33 bits per heavy atom. The molecule has 7 N–H and O–H groups in total. The van der Waals surface area contributed by atoms with Crippen molar-refractivity contribution in [2.24, 2.45) is 0 Å². The first-order valence-electron chi connectivity index (χ1n) is 14.0. The molecule has 18 heteroatoms. The zero-order chi connectivity index (χ0) is 35.7. The van der Waals surface area contributed by atoms with Crippen molar-refractivity contribution in [2.75, 3.05) is 22.5 Å². The number of nitrogens with one attached hydrogen (secondary N) is 1. The van der Waals surface area contributed by atoms with E-state index >= 15 is 0 Å². The summed E-state index contributed by atoms with van der Waals surface area (Å²) in [6.07, 6.45) is -7.00. The number of benzene rings is 3. The molecule has 10 nitrogen and oxygen atoms in total. The van der Waals surface area contributed by atoms with Crippen LogP contribution in [0.1, 0.15) is 23.9 Å². The molecule has 0 spiro atoms. The van der Waals surface area contributed by atoms with E-state index in [1.807, 2.05) is 6.92 Å². The molecule has 0 radical (unpaired) electrons. The standard InChI is InChI=1S/C20H15F5N6.C11H9F3N4/c1-2-17-28-14-7-12(21)13(22)8-15(14)31(17)18-9-16(26)29-19(30-18)27-11-5-3-10(4-6-11)20(23,24)25;12-11(13,14)7-3-1-6(2-4-7)8-5-17-10(16)18-9(8)15/h3-9H,2H2,1H3,(H3,26,27,29,30);1-5H,(H4,15,16,17,18). The van der Waals surface area contributed by atoms with Crippen molar-refractivity contribution in [1.29, 1.82) is 0 Å². The second-order valence-electron chi connectivity index (χ2n) is 10.2. The molecule has 0 fully saturated rings. The van der Waals surface area contributed by atoms with Gasteiger partial charge < -0.3 is 22.5 Å². The molecule has 0 aliphatic rings. The Labute approximate surface area is 271 Å². The van der Waals surface area contributed by atoms with Gasteiger partial charge in [-0.1, -0.05) is 19.1 Å². The first kappa shape index (κ1) is 34.3.